The molecule has 0 aliphatic heterocycles. The molecule has 1 aromatic heterocycles. The highest BCUT2D eigenvalue weighted by atomic mass is 16.4. The number of carbonyl (C=O) groups is 2. The van der Waals surface area contributed by atoms with Gasteiger partial charge in [-0.1, -0.05) is 0 Å². The van der Waals surface area contributed by atoms with E-state index in [1.807, 2.05) is 0 Å². The van der Waals surface area contributed by atoms with E-state index in [0.29, 0.717) is 6.54 Å². The number of carboxylic acids is 1. The monoisotopic (exact) mass is 266 g/mol. The number of carbonyl (C=O) groups excluding carboxylic acids is 1. The van der Waals surface area contributed by atoms with Gasteiger partial charge in [0.2, 0.25) is 0 Å². The van der Waals surface area contributed by atoms with Crippen LogP contribution in [0.5, 0.6) is 0 Å². The van der Waals surface area contributed by atoms with Crippen LogP contribution in [0.4, 0.5) is 4.79 Å². The first-order valence-electron chi connectivity index (χ1n) is 6.27. The molecular weight excluding hydrogens is 248 g/mol. The van der Waals surface area contributed by atoms with E-state index >= 15 is 0 Å². The molecule has 1 fully saturated rings. The van der Waals surface area contributed by atoms with E-state index in [1.165, 1.54) is 4.90 Å². The van der Waals surface area contributed by atoms with E-state index in [1.54, 1.807) is 25.6 Å². The molecule has 6 nitrogen and oxygen atoms in total. The fourth-order valence-electron chi connectivity index (χ4n) is 2.29. The third-order valence-corrected chi connectivity index (χ3v) is 3.52. The molecule has 0 bridgehead atoms. The molecule has 0 radical (unpaired) electrons. The summed E-state index contributed by atoms with van der Waals surface area (Å²) in [5.41, 5.74) is 0.339. The number of amides is 2. The number of nitrogens with zero attached hydrogens (tertiary/aromatic N) is 1. The minimum absolute atomic E-state index is 0.0156. The molecule has 1 aromatic rings. The summed E-state index contributed by atoms with van der Waals surface area (Å²) in [7, 11) is 1.68. The Balaban J connectivity index is 1.90. The van der Waals surface area contributed by atoms with Gasteiger partial charge < -0.3 is 19.7 Å². The van der Waals surface area contributed by atoms with Gasteiger partial charge in [-0.3, -0.25) is 4.79 Å². The van der Waals surface area contributed by atoms with Crippen LogP contribution in [0.15, 0.2) is 23.0 Å². The Morgan fingerprint density at radius 1 is 1.53 bits per heavy atom. The number of nitrogens with one attached hydrogen (secondary N) is 1. The normalized spacial score (nSPS) is 16.5. The zero-order valence-corrected chi connectivity index (χ0v) is 10.9. The summed E-state index contributed by atoms with van der Waals surface area (Å²) in [6.45, 7) is 0.436. The van der Waals surface area contributed by atoms with E-state index in [-0.39, 0.29) is 12.5 Å². The van der Waals surface area contributed by atoms with Gasteiger partial charge in [0, 0.05) is 12.6 Å². The van der Waals surface area contributed by atoms with E-state index in [9.17, 15) is 9.59 Å². The Labute approximate surface area is 111 Å². The molecule has 0 spiro atoms. The quantitative estimate of drug-likeness (QED) is 0.851. The van der Waals surface area contributed by atoms with Crippen LogP contribution in [0.25, 0.3) is 0 Å². The first-order chi connectivity index (χ1) is 9.01. The van der Waals surface area contributed by atoms with Crippen LogP contribution in [0, 0.1) is 0 Å². The van der Waals surface area contributed by atoms with Crippen LogP contribution in [-0.2, 0) is 11.3 Å². The number of urea groups is 1. The summed E-state index contributed by atoms with van der Waals surface area (Å²) < 4.78 is 4.94. The Morgan fingerprint density at radius 3 is 2.74 bits per heavy atom. The van der Waals surface area contributed by atoms with Crippen molar-refractivity contribution in [3.05, 3.63) is 24.2 Å². The fraction of sp³-hybridized carbons (Fsp3) is 0.538. The van der Waals surface area contributed by atoms with Crippen molar-refractivity contribution in [2.75, 3.05) is 7.05 Å². The van der Waals surface area contributed by atoms with Crippen molar-refractivity contribution in [2.45, 2.75) is 37.8 Å². The molecule has 19 heavy (non-hydrogen) atoms. The Hall–Kier alpha value is -1.98. The van der Waals surface area contributed by atoms with Crippen molar-refractivity contribution < 1.29 is 19.1 Å². The van der Waals surface area contributed by atoms with Gasteiger partial charge in [-0.05, 0) is 25.3 Å². The van der Waals surface area contributed by atoms with Gasteiger partial charge in [0.15, 0.2) is 0 Å². The molecule has 2 rings (SSSR count). The van der Waals surface area contributed by atoms with Crippen LogP contribution in [0.3, 0.4) is 0 Å². The molecule has 1 heterocycles. The highest BCUT2D eigenvalue weighted by Gasteiger charge is 2.40. The van der Waals surface area contributed by atoms with E-state index in [4.69, 9.17) is 9.52 Å². The maximum Gasteiger partial charge on any atom is 0.317 e. The summed E-state index contributed by atoms with van der Waals surface area (Å²) >= 11 is 0. The smallest absolute Gasteiger partial charge is 0.317 e. The van der Waals surface area contributed by atoms with Gasteiger partial charge >= 0.3 is 12.0 Å². The minimum Gasteiger partial charge on any atom is -0.481 e. The van der Waals surface area contributed by atoms with E-state index < -0.39 is 11.5 Å². The number of rotatable bonds is 5. The molecule has 2 N–H and O–H groups in total. The topological polar surface area (TPSA) is 82.8 Å². The number of furan rings is 1. The summed E-state index contributed by atoms with van der Waals surface area (Å²) in [4.78, 5) is 24.4. The highest BCUT2D eigenvalue weighted by molar-refractivity contribution is 5.77. The largest absolute Gasteiger partial charge is 0.481 e. The lowest BCUT2D eigenvalue weighted by Gasteiger charge is -2.42. The van der Waals surface area contributed by atoms with Gasteiger partial charge in [-0.2, -0.15) is 0 Å². The lowest BCUT2D eigenvalue weighted by molar-refractivity contribution is -0.139. The van der Waals surface area contributed by atoms with Crippen LogP contribution in [0.1, 0.15) is 31.2 Å². The van der Waals surface area contributed by atoms with Crippen molar-refractivity contribution in [3.63, 3.8) is 0 Å². The van der Waals surface area contributed by atoms with E-state index in [2.05, 4.69) is 5.32 Å². The zero-order valence-electron chi connectivity index (χ0n) is 10.9. The van der Waals surface area contributed by atoms with Gasteiger partial charge in [-0.25, -0.2) is 4.79 Å². The summed E-state index contributed by atoms with van der Waals surface area (Å²) in [5, 5.41) is 11.7. The van der Waals surface area contributed by atoms with Crippen molar-refractivity contribution in [2.24, 2.45) is 0 Å². The third kappa shape index (κ3) is 3.27. The van der Waals surface area contributed by atoms with Crippen molar-refractivity contribution in [3.8, 4) is 0 Å². The first-order valence-corrected chi connectivity index (χ1v) is 6.27. The molecule has 0 aromatic carbocycles. The molecule has 0 atom stereocenters. The molecular formula is C13H18N2O4. The van der Waals surface area contributed by atoms with Crippen molar-refractivity contribution in [1.82, 2.24) is 10.2 Å². The predicted molar refractivity (Wildman–Crippen MR) is 67.5 cm³/mol. The third-order valence-electron chi connectivity index (χ3n) is 3.52. The summed E-state index contributed by atoms with van der Waals surface area (Å²) in [6, 6.07) is 1.54. The second-order valence-electron chi connectivity index (χ2n) is 5.12. The molecule has 1 aliphatic carbocycles. The van der Waals surface area contributed by atoms with Crippen molar-refractivity contribution >= 4 is 12.0 Å². The second-order valence-corrected chi connectivity index (χ2v) is 5.12. The second kappa shape index (κ2) is 5.34. The molecule has 0 unspecified atom stereocenters. The van der Waals surface area contributed by atoms with Gasteiger partial charge in [-0.15, -0.1) is 0 Å². The van der Waals surface area contributed by atoms with E-state index in [0.717, 1.165) is 24.8 Å². The highest BCUT2D eigenvalue weighted by Crippen LogP contribution is 2.35. The molecule has 2 amide bonds. The van der Waals surface area contributed by atoms with Crippen LogP contribution in [0.2, 0.25) is 0 Å². The standard InChI is InChI=1S/C13H18N2O4/c1-15(8-10-3-6-19-9-10)12(18)14-13(4-2-5-13)7-11(16)17/h3,6,9H,2,4-5,7-8H2,1H3,(H,14,18)(H,16,17). The number of carboxylic acid groups (broad SMARTS) is 1. The predicted octanol–water partition coefficient (Wildman–Crippen LogP) is 1.82. The average Bonchev–Trinajstić information content (AvgIpc) is 2.78. The Kier molecular flexibility index (Phi) is 3.78. The van der Waals surface area contributed by atoms with Gasteiger partial charge in [0.25, 0.3) is 0 Å². The fourth-order valence-corrected chi connectivity index (χ4v) is 2.29. The van der Waals surface area contributed by atoms with Crippen LogP contribution in [-0.4, -0.2) is 34.6 Å². The number of aliphatic carboxylic acids is 1. The van der Waals surface area contributed by atoms with Gasteiger partial charge in [0.05, 0.1) is 31.0 Å². The molecule has 1 aliphatic rings. The molecule has 1 saturated carbocycles. The lowest BCUT2D eigenvalue weighted by Crippen LogP contribution is -2.57. The number of hydrogen-bond acceptors (Lipinski definition) is 3. The first kappa shape index (κ1) is 13.5. The SMILES string of the molecule is CN(Cc1ccoc1)C(=O)NC1(CC(=O)O)CCC1. The summed E-state index contributed by atoms with van der Waals surface area (Å²) in [6.07, 6.45) is 5.53. The Bertz CT molecular complexity index is 451. The minimum atomic E-state index is -0.877. The Morgan fingerprint density at radius 2 is 2.26 bits per heavy atom. The van der Waals surface area contributed by atoms with Crippen LogP contribution < -0.4 is 5.32 Å². The van der Waals surface area contributed by atoms with Crippen LogP contribution >= 0.6 is 0 Å². The molecule has 0 saturated heterocycles. The maximum absolute atomic E-state index is 12.1. The maximum atomic E-state index is 12.1. The molecule has 104 valence electrons. The lowest BCUT2D eigenvalue weighted by atomic mass is 9.74. The average molecular weight is 266 g/mol. The van der Waals surface area contributed by atoms with Crippen molar-refractivity contribution in [1.29, 1.82) is 0 Å². The van der Waals surface area contributed by atoms with Gasteiger partial charge in [0.1, 0.15) is 0 Å². The molecule has 6 heteroatoms. The number of hydrogen-bond donors (Lipinski definition) is 2. The summed E-state index contributed by atoms with van der Waals surface area (Å²) in [5.74, 6) is -0.877. The zero-order chi connectivity index (χ0) is 13.9.